The lowest BCUT2D eigenvalue weighted by atomic mass is 10.1. The van der Waals surface area contributed by atoms with Crippen LogP contribution in [-0.2, 0) is 11.3 Å². The Morgan fingerprint density at radius 2 is 1.94 bits per heavy atom. The molecule has 0 saturated carbocycles. The summed E-state index contributed by atoms with van der Waals surface area (Å²) in [6.07, 6.45) is 4.16. The molecule has 0 saturated heterocycles. The maximum atomic E-state index is 5.73. The number of benzene rings is 1. The monoisotopic (exact) mass is 233 g/mol. The van der Waals surface area contributed by atoms with Gasteiger partial charge in [-0.15, -0.1) is 0 Å². The van der Waals surface area contributed by atoms with Crippen LogP contribution in [0.1, 0.15) is 26.3 Å². The van der Waals surface area contributed by atoms with Crippen molar-refractivity contribution in [3.8, 4) is 0 Å². The predicted octanol–water partition coefficient (Wildman–Crippen LogP) is 3.15. The summed E-state index contributed by atoms with van der Waals surface area (Å²) in [6, 6.07) is 10.3. The van der Waals surface area contributed by atoms with Gasteiger partial charge in [-0.25, -0.2) is 0 Å². The van der Waals surface area contributed by atoms with Crippen LogP contribution in [0.15, 0.2) is 42.5 Å². The van der Waals surface area contributed by atoms with Crippen molar-refractivity contribution in [3.63, 3.8) is 0 Å². The number of allylic oxidation sites excluding steroid dienone is 1. The lowest BCUT2D eigenvalue weighted by Crippen LogP contribution is -2.43. The lowest BCUT2D eigenvalue weighted by Gasteiger charge is -2.25. The fourth-order valence-corrected chi connectivity index (χ4v) is 1.50. The van der Waals surface area contributed by atoms with Crippen LogP contribution < -0.4 is 5.32 Å². The Morgan fingerprint density at radius 3 is 2.59 bits per heavy atom. The van der Waals surface area contributed by atoms with Gasteiger partial charge in [-0.1, -0.05) is 42.5 Å². The number of nitrogens with one attached hydrogen (secondary N) is 1. The van der Waals surface area contributed by atoms with E-state index in [4.69, 9.17) is 4.74 Å². The number of hydrogen-bond acceptors (Lipinski definition) is 2. The van der Waals surface area contributed by atoms with Gasteiger partial charge in [-0.2, -0.15) is 0 Å². The average molecular weight is 233 g/mol. The van der Waals surface area contributed by atoms with Crippen LogP contribution in [0.3, 0.4) is 0 Å². The van der Waals surface area contributed by atoms with Crippen LogP contribution in [0, 0.1) is 0 Å². The number of rotatable bonds is 7. The van der Waals surface area contributed by atoms with Crippen LogP contribution >= 0.6 is 0 Å². The van der Waals surface area contributed by atoms with Crippen molar-refractivity contribution in [1.29, 1.82) is 0 Å². The zero-order valence-corrected chi connectivity index (χ0v) is 11.1. The second-order valence-electron chi connectivity index (χ2n) is 4.81. The number of hydrogen-bond donors (Lipinski definition) is 1. The highest BCUT2D eigenvalue weighted by molar-refractivity contribution is 5.13. The first kappa shape index (κ1) is 13.9. The van der Waals surface area contributed by atoms with Crippen LogP contribution in [-0.4, -0.2) is 18.7 Å². The molecule has 0 unspecified atom stereocenters. The Hall–Kier alpha value is -1.12. The van der Waals surface area contributed by atoms with Gasteiger partial charge < -0.3 is 10.1 Å². The quantitative estimate of drug-likeness (QED) is 0.730. The summed E-state index contributed by atoms with van der Waals surface area (Å²) in [4.78, 5) is 0. The minimum atomic E-state index is 0.00822. The largest absolute Gasteiger partial charge is 0.375 e. The standard InChI is InChI=1S/C15H23NO/c1-4-5-11-16-15(2,3)13-17-12-14-9-7-6-8-10-14/h4-10,16H,11-13H2,1-3H3/b5-4+. The van der Waals surface area contributed by atoms with Gasteiger partial charge in [0.2, 0.25) is 0 Å². The van der Waals surface area contributed by atoms with Crippen molar-refractivity contribution in [1.82, 2.24) is 5.32 Å². The van der Waals surface area contributed by atoms with E-state index in [1.165, 1.54) is 5.56 Å². The molecule has 0 bridgehead atoms. The molecule has 0 amide bonds. The van der Waals surface area contributed by atoms with Crippen LogP contribution in [0.5, 0.6) is 0 Å². The minimum absolute atomic E-state index is 0.00822. The van der Waals surface area contributed by atoms with Gasteiger partial charge in [0, 0.05) is 12.1 Å². The molecule has 1 aromatic carbocycles. The topological polar surface area (TPSA) is 21.3 Å². The number of ether oxygens (including phenoxy) is 1. The molecule has 17 heavy (non-hydrogen) atoms. The molecule has 0 aliphatic carbocycles. The van der Waals surface area contributed by atoms with Gasteiger partial charge in [-0.3, -0.25) is 0 Å². The van der Waals surface area contributed by atoms with Gasteiger partial charge in [-0.05, 0) is 26.3 Å². The molecule has 2 heteroatoms. The van der Waals surface area contributed by atoms with Crippen molar-refractivity contribution in [2.24, 2.45) is 0 Å². The van der Waals surface area contributed by atoms with Crippen LogP contribution in [0.2, 0.25) is 0 Å². The lowest BCUT2D eigenvalue weighted by molar-refractivity contribution is 0.0725. The third kappa shape index (κ3) is 6.25. The van der Waals surface area contributed by atoms with Gasteiger partial charge in [0.25, 0.3) is 0 Å². The predicted molar refractivity (Wildman–Crippen MR) is 73.0 cm³/mol. The second-order valence-corrected chi connectivity index (χ2v) is 4.81. The Morgan fingerprint density at radius 1 is 1.24 bits per heavy atom. The molecular weight excluding hydrogens is 210 g/mol. The van der Waals surface area contributed by atoms with Gasteiger partial charge in [0.1, 0.15) is 0 Å². The molecule has 0 radical (unpaired) electrons. The molecule has 1 rings (SSSR count). The summed E-state index contributed by atoms with van der Waals surface area (Å²) in [6.45, 7) is 8.61. The zero-order valence-electron chi connectivity index (χ0n) is 11.1. The third-order valence-corrected chi connectivity index (χ3v) is 2.51. The molecule has 1 N–H and O–H groups in total. The Kier molecular flexibility index (Phi) is 5.95. The highest BCUT2D eigenvalue weighted by Gasteiger charge is 2.15. The Balaban J connectivity index is 2.25. The summed E-state index contributed by atoms with van der Waals surface area (Å²) < 4.78 is 5.73. The molecule has 0 aliphatic heterocycles. The molecule has 0 fully saturated rings. The highest BCUT2D eigenvalue weighted by atomic mass is 16.5. The molecule has 0 spiro atoms. The van der Waals surface area contributed by atoms with Crippen molar-refractivity contribution in [3.05, 3.63) is 48.0 Å². The highest BCUT2D eigenvalue weighted by Crippen LogP contribution is 2.06. The van der Waals surface area contributed by atoms with Crippen molar-refractivity contribution in [2.45, 2.75) is 32.9 Å². The van der Waals surface area contributed by atoms with Gasteiger partial charge in [0.05, 0.1) is 13.2 Å². The second kappa shape index (κ2) is 7.25. The molecule has 0 aromatic heterocycles. The minimum Gasteiger partial charge on any atom is -0.375 e. The maximum absolute atomic E-state index is 5.73. The molecule has 1 aromatic rings. The van der Waals surface area contributed by atoms with Crippen molar-refractivity contribution < 1.29 is 4.74 Å². The Labute approximate surface area is 105 Å². The van der Waals surface area contributed by atoms with Gasteiger partial charge >= 0.3 is 0 Å². The zero-order chi connectivity index (χ0) is 12.6. The SMILES string of the molecule is C/C=C/CNC(C)(C)COCc1ccccc1. The average Bonchev–Trinajstić information content (AvgIpc) is 2.30. The smallest absolute Gasteiger partial charge is 0.0717 e. The van der Waals surface area contributed by atoms with E-state index in [0.29, 0.717) is 13.2 Å². The molecule has 0 heterocycles. The van der Waals surface area contributed by atoms with E-state index in [1.54, 1.807) is 0 Å². The van der Waals surface area contributed by atoms with Crippen molar-refractivity contribution >= 4 is 0 Å². The third-order valence-electron chi connectivity index (χ3n) is 2.51. The van der Waals surface area contributed by atoms with E-state index in [-0.39, 0.29) is 5.54 Å². The van der Waals surface area contributed by atoms with E-state index in [0.717, 1.165) is 6.54 Å². The fraction of sp³-hybridized carbons (Fsp3) is 0.467. The first-order chi connectivity index (χ1) is 8.14. The summed E-state index contributed by atoms with van der Waals surface area (Å²) in [7, 11) is 0. The van der Waals surface area contributed by atoms with Crippen LogP contribution in [0.4, 0.5) is 0 Å². The van der Waals surface area contributed by atoms with Gasteiger partial charge in [0.15, 0.2) is 0 Å². The fourth-order valence-electron chi connectivity index (χ4n) is 1.50. The summed E-state index contributed by atoms with van der Waals surface area (Å²) in [5.41, 5.74) is 1.23. The molecule has 0 atom stereocenters. The Bertz CT molecular complexity index is 330. The molecular formula is C15H23NO. The molecule has 2 nitrogen and oxygen atoms in total. The normalized spacial score (nSPS) is 12.2. The van der Waals surface area contributed by atoms with Crippen molar-refractivity contribution in [2.75, 3.05) is 13.2 Å². The molecule has 0 aliphatic rings. The van der Waals surface area contributed by atoms with E-state index < -0.39 is 0 Å². The molecule has 94 valence electrons. The van der Waals surface area contributed by atoms with Crippen LogP contribution in [0.25, 0.3) is 0 Å². The summed E-state index contributed by atoms with van der Waals surface area (Å²) in [5, 5.41) is 3.43. The van der Waals surface area contributed by atoms with E-state index >= 15 is 0 Å². The van der Waals surface area contributed by atoms with E-state index in [9.17, 15) is 0 Å². The van der Waals surface area contributed by atoms with E-state index in [2.05, 4.69) is 37.4 Å². The first-order valence-corrected chi connectivity index (χ1v) is 6.12. The summed E-state index contributed by atoms with van der Waals surface area (Å²) >= 11 is 0. The summed E-state index contributed by atoms with van der Waals surface area (Å²) in [5.74, 6) is 0. The van der Waals surface area contributed by atoms with E-state index in [1.807, 2.05) is 31.2 Å². The first-order valence-electron chi connectivity index (χ1n) is 6.12. The maximum Gasteiger partial charge on any atom is 0.0717 e.